The Balaban J connectivity index is 0.000000491. The molecule has 0 spiro atoms. The zero-order chi connectivity index (χ0) is 15.7. The Hall–Kier alpha value is -2.54. The van der Waals surface area contributed by atoms with Crippen LogP contribution >= 0.6 is 12.2 Å². The van der Waals surface area contributed by atoms with E-state index in [9.17, 15) is 4.39 Å². The summed E-state index contributed by atoms with van der Waals surface area (Å²) in [4.78, 5) is 13.0. The van der Waals surface area contributed by atoms with Crippen molar-refractivity contribution in [1.29, 1.82) is 0 Å². The predicted molar refractivity (Wildman–Crippen MR) is 83.8 cm³/mol. The zero-order valence-corrected chi connectivity index (χ0v) is 12.0. The van der Waals surface area contributed by atoms with Gasteiger partial charge >= 0.3 is 0 Å². The van der Waals surface area contributed by atoms with Crippen LogP contribution in [0, 0.1) is 5.82 Å². The highest BCUT2D eigenvalue weighted by atomic mass is 32.1. The number of hydrogen-bond acceptors (Lipinski definition) is 3. The monoisotopic (exact) mass is 307 g/mol. The van der Waals surface area contributed by atoms with Crippen LogP contribution < -0.4 is 10.6 Å². The molecule has 0 bridgehead atoms. The molecule has 0 saturated carbocycles. The van der Waals surface area contributed by atoms with Crippen molar-refractivity contribution in [2.24, 2.45) is 0 Å². The molecule has 0 saturated heterocycles. The lowest BCUT2D eigenvalue weighted by atomic mass is 10.3. The van der Waals surface area contributed by atoms with Crippen molar-refractivity contribution < 1.29 is 14.3 Å². The zero-order valence-electron chi connectivity index (χ0n) is 11.2. The lowest BCUT2D eigenvalue weighted by Gasteiger charge is -2.09. The quantitative estimate of drug-likeness (QED) is 0.740. The molecule has 21 heavy (non-hydrogen) atoms. The van der Waals surface area contributed by atoms with E-state index >= 15 is 0 Å². The van der Waals surface area contributed by atoms with Gasteiger partial charge in [0, 0.05) is 18.8 Å². The molecule has 0 aliphatic carbocycles. The molecule has 0 fully saturated rings. The number of rotatable bonds is 2. The average Bonchev–Trinajstić information content (AvgIpc) is 2.42. The second-order valence-corrected chi connectivity index (χ2v) is 4.25. The number of hydrogen-bond donors (Lipinski definition) is 3. The molecule has 2 aromatic rings. The van der Waals surface area contributed by atoms with Gasteiger partial charge in [-0.05, 0) is 48.6 Å². The number of aliphatic carboxylic acids is 1. The summed E-state index contributed by atoms with van der Waals surface area (Å²) in [6, 6.07) is 9.64. The Kier molecular flexibility index (Phi) is 6.76. The molecule has 2 rings (SSSR count). The highest BCUT2D eigenvalue weighted by Crippen LogP contribution is 2.09. The number of nitrogens with zero attached hydrogens (tertiary/aromatic N) is 1. The summed E-state index contributed by atoms with van der Waals surface area (Å²) in [5.74, 6) is -1.11. The molecule has 0 atom stereocenters. The molecular formula is C14H14FN3O2S. The van der Waals surface area contributed by atoms with E-state index in [2.05, 4.69) is 15.6 Å². The van der Waals surface area contributed by atoms with Crippen molar-refractivity contribution in [2.75, 3.05) is 10.6 Å². The van der Waals surface area contributed by atoms with E-state index < -0.39 is 5.97 Å². The topological polar surface area (TPSA) is 74.2 Å². The van der Waals surface area contributed by atoms with Crippen molar-refractivity contribution >= 4 is 34.7 Å². The Morgan fingerprint density at radius 3 is 2.29 bits per heavy atom. The predicted octanol–water partition coefficient (Wildman–Crippen LogP) is 3.12. The van der Waals surface area contributed by atoms with Gasteiger partial charge in [0.05, 0.1) is 11.9 Å². The molecule has 0 aliphatic rings. The Bertz CT molecular complexity index is 587. The van der Waals surface area contributed by atoms with Crippen LogP contribution in [0.25, 0.3) is 0 Å². The van der Waals surface area contributed by atoms with Gasteiger partial charge in [0.1, 0.15) is 5.82 Å². The first-order valence-electron chi connectivity index (χ1n) is 5.90. The second kappa shape index (κ2) is 8.60. The summed E-state index contributed by atoms with van der Waals surface area (Å²) < 4.78 is 12.7. The van der Waals surface area contributed by atoms with Crippen LogP contribution in [0.15, 0.2) is 48.8 Å². The first-order chi connectivity index (χ1) is 9.97. The maximum absolute atomic E-state index is 12.7. The standard InChI is InChI=1S/C12H10FN3S.C2H4O2/c13-9-3-5-10(6-4-9)15-12(17)16-11-2-1-7-14-8-11;1-2(3)4/h1-8H,(H2,15,16,17);1H3,(H,3,4). The lowest BCUT2D eigenvalue weighted by molar-refractivity contribution is -0.134. The van der Waals surface area contributed by atoms with Gasteiger partial charge in [-0.3, -0.25) is 9.78 Å². The minimum atomic E-state index is -0.833. The number of carboxylic acid groups (broad SMARTS) is 1. The average molecular weight is 307 g/mol. The molecule has 1 aromatic heterocycles. The number of nitrogens with one attached hydrogen (secondary N) is 2. The smallest absolute Gasteiger partial charge is 0.300 e. The Labute approximate surface area is 126 Å². The number of aromatic nitrogens is 1. The molecule has 0 unspecified atom stereocenters. The van der Waals surface area contributed by atoms with E-state index in [1.807, 2.05) is 12.1 Å². The van der Waals surface area contributed by atoms with Crippen LogP contribution in [-0.2, 0) is 4.79 Å². The molecule has 110 valence electrons. The van der Waals surface area contributed by atoms with Gasteiger partial charge in [0.25, 0.3) is 5.97 Å². The minimum Gasteiger partial charge on any atom is -0.481 e. The molecule has 0 radical (unpaired) electrons. The SMILES string of the molecule is CC(=O)O.Fc1ccc(NC(=S)Nc2cccnc2)cc1. The summed E-state index contributed by atoms with van der Waals surface area (Å²) in [5, 5.41) is 13.8. The number of carbonyl (C=O) groups is 1. The minimum absolute atomic E-state index is 0.276. The van der Waals surface area contributed by atoms with E-state index in [4.69, 9.17) is 22.1 Å². The fourth-order valence-corrected chi connectivity index (χ4v) is 1.50. The normalized spacial score (nSPS) is 9.05. The van der Waals surface area contributed by atoms with Crippen molar-refractivity contribution in [3.8, 4) is 0 Å². The van der Waals surface area contributed by atoms with E-state index in [-0.39, 0.29) is 5.82 Å². The molecule has 3 N–H and O–H groups in total. The fourth-order valence-electron chi connectivity index (χ4n) is 1.26. The first kappa shape index (κ1) is 16.5. The summed E-state index contributed by atoms with van der Waals surface area (Å²) in [6.45, 7) is 1.08. The number of halogens is 1. The maximum Gasteiger partial charge on any atom is 0.300 e. The van der Waals surface area contributed by atoms with E-state index in [0.29, 0.717) is 5.11 Å². The molecule has 1 aromatic carbocycles. The van der Waals surface area contributed by atoms with E-state index in [0.717, 1.165) is 18.3 Å². The van der Waals surface area contributed by atoms with E-state index in [1.165, 1.54) is 12.1 Å². The van der Waals surface area contributed by atoms with Crippen molar-refractivity contribution in [2.45, 2.75) is 6.92 Å². The number of anilines is 2. The number of carboxylic acids is 1. The molecule has 7 heteroatoms. The molecule has 0 amide bonds. The summed E-state index contributed by atoms with van der Waals surface area (Å²) >= 11 is 5.11. The summed E-state index contributed by atoms with van der Waals surface area (Å²) in [5.41, 5.74) is 1.53. The van der Waals surface area contributed by atoms with Crippen LogP contribution in [0.3, 0.4) is 0 Å². The van der Waals surface area contributed by atoms with Crippen molar-refractivity contribution in [3.05, 3.63) is 54.6 Å². The van der Waals surface area contributed by atoms with Gasteiger partial charge in [0.15, 0.2) is 5.11 Å². The van der Waals surface area contributed by atoms with Gasteiger partial charge in [0.2, 0.25) is 0 Å². The molecular weight excluding hydrogens is 293 g/mol. The third kappa shape index (κ3) is 7.58. The van der Waals surface area contributed by atoms with Crippen molar-refractivity contribution in [3.63, 3.8) is 0 Å². The van der Waals surface area contributed by atoms with Crippen LogP contribution in [0.5, 0.6) is 0 Å². The molecule has 0 aliphatic heterocycles. The van der Waals surface area contributed by atoms with Gasteiger partial charge in [-0.2, -0.15) is 0 Å². The molecule has 1 heterocycles. The second-order valence-electron chi connectivity index (χ2n) is 3.85. The van der Waals surface area contributed by atoms with Crippen molar-refractivity contribution in [1.82, 2.24) is 4.98 Å². The maximum atomic E-state index is 12.7. The largest absolute Gasteiger partial charge is 0.481 e. The highest BCUT2D eigenvalue weighted by molar-refractivity contribution is 7.80. The van der Waals surface area contributed by atoms with Crippen LogP contribution in [0.2, 0.25) is 0 Å². The Morgan fingerprint density at radius 1 is 1.19 bits per heavy atom. The number of benzene rings is 1. The summed E-state index contributed by atoms with van der Waals surface area (Å²) in [6.07, 6.45) is 3.35. The van der Waals surface area contributed by atoms with Gasteiger partial charge in [-0.1, -0.05) is 0 Å². The van der Waals surface area contributed by atoms with Crippen LogP contribution in [0.4, 0.5) is 15.8 Å². The number of thiocarbonyl (C=S) groups is 1. The van der Waals surface area contributed by atoms with Gasteiger partial charge in [-0.15, -0.1) is 0 Å². The first-order valence-corrected chi connectivity index (χ1v) is 6.31. The lowest BCUT2D eigenvalue weighted by Crippen LogP contribution is -2.19. The highest BCUT2D eigenvalue weighted by Gasteiger charge is 1.98. The van der Waals surface area contributed by atoms with Crippen LogP contribution in [-0.4, -0.2) is 21.2 Å². The van der Waals surface area contributed by atoms with Gasteiger partial charge in [-0.25, -0.2) is 4.39 Å². The fraction of sp³-hybridized carbons (Fsp3) is 0.0714. The third-order valence-corrected chi connectivity index (χ3v) is 2.23. The van der Waals surface area contributed by atoms with Gasteiger partial charge < -0.3 is 15.7 Å². The van der Waals surface area contributed by atoms with E-state index in [1.54, 1.807) is 24.5 Å². The summed E-state index contributed by atoms with van der Waals surface area (Å²) in [7, 11) is 0. The van der Waals surface area contributed by atoms with Crippen LogP contribution in [0.1, 0.15) is 6.92 Å². The Morgan fingerprint density at radius 2 is 1.76 bits per heavy atom. The number of pyridine rings is 1. The third-order valence-electron chi connectivity index (χ3n) is 2.02. The molecule has 5 nitrogen and oxygen atoms in total.